The summed E-state index contributed by atoms with van der Waals surface area (Å²) in [5, 5.41) is 0. The quantitative estimate of drug-likeness (QED) is 0.826. The van der Waals surface area contributed by atoms with Crippen molar-refractivity contribution in [3.05, 3.63) is 51.7 Å². The number of nitrogens with two attached hydrogens (primary N) is 1. The van der Waals surface area contributed by atoms with Gasteiger partial charge in [-0.1, -0.05) is 15.9 Å². The number of hydrogen-bond donors (Lipinski definition) is 1. The van der Waals surface area contributed by atoms with E-state index in [1.807, 2.05) is 12.1 Å². The minimum Gasteiger partial charge on any atom is -0.494 e. The van der Waals surface area contributed by atoms with E-state index >= 15 is 0 Å². The van der Waals surface area contributed by atoms with Crippen LogP contribution in [0.1, 0.15) is 11.1 Å². The molecule has 2 aliphatic rings. The first kappa shape index (κ1) is 14.3. The number of fused-ring (bicyclic) bond motifs is 4. The van der Waals surface area contributed by atoms with E-state index in [-0.39, 0.29) is 18.4 Å². The molecule has 2 aromatic rings. The van der Waals surface area contributed by atoms with E-state index in [9.17, 15) is 4.39 Å². The second kappa shape index (κ2) is 4.86. The number of amidine groups is 1. The molecule has 0 bridgehead atoms. The SMILES string of the molecule is COc1cc2c(cc1F)Oc1ccc(Br)cc1[C@]21COC(N)=N1. The number of halogens is 2. The summed E-state index contributed by atoms with van der Waals surface area (Å²) in [6.07, 6.45) is 0. The van der Waals surface area contributed by atoms with Gasteiger partial charge in [0, 0.05) is 21.7 Å². The summed E-state index contributed by atoms with van der Waals surface area (Å²) in [7, 11) is 1.41. The predicted molar refractivity (Wildman–Crippen MR) is 85.5 cm³/mol. The Bertz CT molecular complexity index is 855. The van der Waals surface area contributed by atoms with Crippen molar-refractivity contribution in [1.29, 1.82) is 0 Å². The zero-order chi connectivity index (χ0) is 16.2. The van der Waals surface area contributed by atoms with Crippen LogP contribution >= 0.6 is 15.9 Å². The summed E-state index contributed by atoms with van der Waals surface area (Å²) in [6.45, 7) is 0.216. The van der Waals surface area contributed by atoms with Gasteiger partial charge in [-0.05, 0) is 24.3 Å². The van der Waals surface area contributed by atoms with Gasteiger partial charge < -0.3 is 19.9 Å². The first-order valence-electron chi connectivity index (χ1n) is 6.87. The van der Waals surface area contributed by atoms with Gasteiger partial charge in [0.05, 0.1) is 7.11 Å². The molecule has 2 N–H and O–H groups in total. The van der Waals surface area contributed by atoms with Crippen LogP contribution < -0.4 is 15.2 Å². The third-order valence-corrected chi connectivity index (χ3v) is 4.53. The monoisotopic (exact) mass is 378 g/mol. The van der Waals surface area contributed by atoms with Gasteiger partial charge in [-0.25, -0.2) is 9.38 Å². The lowest BCUT2D eigenvalue weighted by molar-refractivity contribution is 0.263. The van der Waals surface area contributed by atoms with Crippen molar-refractivity contribution in [1.82, 2.24) is 0 Å². The van der Waals surface area contributed by atoms with Crippen LogP contribution in [-0.2, 0) is 10.3 Å². The molecule has 0 saturated heterocycles. The molecule has 2 heterocycles. The van der Waals surface area contributed by atoms with Crippen molar-refractivity contribution in [3.8, 4) is 17.2 Å². The lowest BCUT2D eigenvalue weighted by atomic mass is 9.81. The highest BCUT2D eigenvalue weighted by atomic mass is 79.9. The van der Waals surface area contributed by atoms with E-state index in [0.717, 1.165) is 10.0 Å². The van der Waals surface area contributed by atoms with Crippen LogP contribution in [0.15, 0.2) is 39.8 Å². The Morgan fingerprint density at radius 1 is 1.26 bits per heavy atom. The smallest absolute Gasteiger partial charge is 0.283 e. The molecule has 1 spiro atoms. The van der Waals surface area contributed by atoms with Crippen LogP contribution in [0, 0.1) is 5.82 Å². The third-order valence-electron chi connectivity index (χ3n) is 4.04. The molecular formula is C16H12BrFN2O3. The topological polar surface area (TPSA) is 66.1 Å². The first-order valence-corrected chi connectivity index (χ1v) is 7.67. The van der Waals surface area contributed by atoms with Crippen LogP contribution in [0.2, 0.25) is 0 Å². The summed E-state index contributed by atoms with van der Waals surface area (Å²) < 4.78 is 31.3. The van der Waals surface area contributed by atoms with Gasteiger partial charge in [0.15, 0.2) is 17.1 Å². The normalized spacial score (nSPS) is 21.1. The van der Waals surface area contributed by atoms with Gasteiger partial charge >= 0.3 is 0 Å². The molecule has 0 saturated carbocycles. The largest absolute Gasteiger partial charge is 0.494 e. The lowest BCUT2D eigenvalue weighted by Crippen LogP contribution is -2.31. The number of rotatable bonds is 1. The van der Waals surface area contributed by atoms with Crippen LogP contribution in [0.3, 0.4) is 0 Å². The molecule has 1 atom stereocenters. The molecule has 7 heteroatoms. The Morgan fingerprint density at radius 3 is 2.74 bits per heavy atom. The molecule has 2 aliphatic heterocycles. The standard InChI is InChI=1S/C16H12BrFN2O3/c1-21-14-5-10-13(6-11(14)18)23-12-3-2-8(17)4-9(12)16(10)7-22-15(19)20-16/h2-6H,7H2,1H3,(H2,19,20)/t16-/m1/s1. The maximum Gasteiger partial charge on any atom is 0.283 e. The van der Waals surface area contributed by atoms with E-state index in [1.165, 1.54) is 13.2 Å². The highest BCUT2D eigenvalue weighted by Crippen LogP contribution is 2.52. The second-order valence-electron chi connectivity index (χ2n) is 5.32. The van der Waals surface area contributed by atoms with Crippen LogP contribution in [-0.4, -0.2) is 19.7 Å². The zero-order valence-electron chi connectivity index (χ0n) is 12.1. The summed E-state index contributed by atoms with van der Waals surface area (Å²) >= 11 is 3.45. The van der Waals surface area contributed by atoms with Crippen LogP contribution in [0.4, 0.5) is 4.39 Å². The van der Waals surface area contributed by atoms with Crippen molar-refractivity contribution < 1.29 is 18.6 Å². The van der Waals surface area contributed by atoms with Gasteiger partial charge in [0.2, 0.25) is 0 Å². The summed E-state index contributed by atoms with van der Waals surface area (Å²) in [6, 6.07) is 8.52. The Kier molecular flexibility index (Phi) is 3.02. The Morgan fingerprint density at radius 2 is 2.04 bits per heavy atom. The molecule has 0 fully saturated rings. The molecule has 4 rings (SSSR count). The number of benzene rings is 2. The average Bonchev–Trinajstić information content (AvgIpc) is 2.91. The van der Waals surface area contributed by atoms with E-state index in [1.54, 1.807) is 12.1 Å². The van der Waals surface area contributed by atoms with Crippen molar-refractivity contribution in [2.75, 3.05) is 13.7 Å². The lowest BCUT2D eigenvalue weighted by Gasteiger charge is -2.33. The van der Waals surface area contributed by atoms with Crippen molar-refractivity contribution in [3.63, 3.8) is 0 Å². The molecule has 0 radical (unpaired) electrons. The summed E-state index contributed by atoms with van der Waals surface area (Å²) in [4.78, 5) is 4.50. The Balaban J connectivity index is 2.03. The summed E-state index contributed by atoms with van der Waals surface area (Å²) in [5.41, 5.74) is 6.34. The third kappa shape index (κ3) is 1.99. The van der Waals surface area contributed by atoms with Gasteiger partial charge in [0.1, 0.15) is 18.1 Å². The summed E-state index contributed by atoms with van der Waals surface area (Å²) in [5.74, 6) is 0.580. The Hall–Kier alpha value is -2.28. The van der Waals surface area contributed by atoms with Crippen molar-refractivity contribution in [2.24, 2.45) is 10.7 Å². The number of hydrogen-bond acceptors (Lipinski definition) is 5. The second-order valence-corrected chi connectivity index (χ2v) is 6.24. The van der Waals surface area contributed by atoms with Crippen molar-refractivity contribution in [2.45, 2.75) is 5.54 Å². The number of methoxy groups -OCH3 is 1. The van der Waals surface area contributed by atoms with Crippen molar-refractivity contribution >= 4 is 22.0 Å². The highest BCUT2D eigenvalue weighted by molar-refractivity contribution is 9.10. The van der Waals surface area contributed by atoms with Gasteiger partial charge in [0.25, 0.3) is 6.02 Å². The molecular weight excluding hydrogens is 367 g/mol. The molecule has 0 unspecified atom stereocenters. The predicted octanol–water partition coefficient (Wildman–Crippen LogP) is 3.29. The fourth-order valence-corrected chi connectivity index (χ4v) is 3.35. The van der Waals surface area contributed by atoms with Crippen LogP contribution in [0.5, 0.6) is 17.2 Å². The maximum absolute atomic E-state index is 14.1. The van der Waals surface area contributed by atoms with E-state index in [0.29, 0.717) is 17.1 Å². The van der Waals surface area contributed by atoms with E-state index in [4.69, 9.17) is 19.9 Å². The fraction of sp³-hybridized carbons (Fsp3) is 0.188. The van der Waals surface area contributed by atoms with Crippen LogP contribution in [0.25, 0.3) is 0 Å². The van der Waals surface area contributed by atoms with Gasteiger partial charge in [-0.3, -0.25) is 0 Å². The molecule has 23 heavy (non-hydrogen) atoms. The molecule has 5 nitrogen and oxygen atoms in total. The molecule has 0 amide bonds. The first-order chi connectivity index (χ1) is 11.0. The zero-order valence-corrected chi connectivity index (χ0v) is 13.7. The molecule has 118 valence electrons. The molecule has 2 aromatic carbocycles. The molecule has 0 aromatic heterocycles. The van der Waals surface area contributed by atoms with E-state index < -0.39 is 11.4 Å². The maximum atomic E-state index is 14.1. The van der Waals surface area contributed by atoms with Gasteiger partial charge in [-0.2, -0.15) is 0 Å². The number of nitrogens with zero attached hydrogens (tertiary/aromatic N) is 1. The number of ether oxygens (including phenoxy) is 3. The van der Waals surface area contributed by atoms with E-state index in [2.05, 4.69) is 20.9 Å². The fourth-order valence-electron chi connectivity index (χ4n) is 2.98. The highest BCUT2D eigenvalue weighted by Gasteiger charge is 2.47. The minimum atomic E-state index is -0.877. The van der Waals surface area contributed by atoms with Gasteiger partial charge in [-0.15, -0.1) is 0 Å². The average molecular weight is 379 g/mol. The molecule has 0 aliphatic carbocycles. The Labute approximate surface area is 140 Å². The number of aliphatic imine (C=N–C) groups is 1. The minimum absolute atomic E-state index is 0.0899.